The van der Waals surface area contributed by atoms with Crippen LogP contribution < -0.4 is 16.2 Å². The molecule has 8 nitrogen and oxygen atoms in total. The van der Waals surface area contributed by atoms with Gasteiger partial charge in [0, 0.05) is 25.2 Å². The number of rotatable bonds is 6. The number of aromatic nitrogens is 3. The lowest BCUT2D eigenvalue weighted by atomic mass is 9.61. The Balaban J connectivity index is 1.33. The van der Waals surface area contributed by atoms with Crippen LogP contribution in [0, 0.1) is 5.41 Å². The minimum absolute atomic E-state index is 0.0135. The molecule has 1 saturated carbocycles. The molecule has 176 valence electrons. The number of piperidine rings is 1. The van der Waals surface area contributed by atoms with Crippen molar-refractivity contribution in [3.05, 3.63) is 66.9 Å². The number of hydrogen-bond donors (Lipinski definition) is 2. The molecule has 1 aromatic carbocycles. The molecule has 1 spiro atoms. The summed E-state index contributed by atoms with van der Waals surface area (Å²) in [6, 6.07) is 13.5. The van der Waals surface area contributed by atoms with Crippen molar-refractivity contribution in [1.82, 2.24) is 19.7 Å². The molecule has 1 aliphatic heterocycles. The molecule has 8 heteroatoms. The van der Waals surface area contributed by atoms with Crippen LogP contribution in [0.3, 0.4) is 0 Å². The van der Waals surface area contributed by atoms with Crippen molar-refractivity contribution in [2.75, 3.05) is 18.8 Å². The number of amides is 1. The van der Waals surface area contributed by atoms with Gasteiger partial charge in [0.05, 0.1) is 17.9 Å². The van der Waals surface area contributed by atoms with Gasteiger partial charge in [0.25, 0.3) is 0 Å². The molecule has 0 bridgehead atoms. The minimum Gasteiger partial charge on any atom is -0.456 e. The molecule has 0 unspecified atom stereocenters. The van der Waals surface area contributed by atoms with Gasteiger partial charge in [-0.25, -0.2) is 4.68 Å². The maximum absolute atomic E-state index is 12.1. The number of anilines is 1. The van der Waals surface area contributed by atoms with Crippen molar-refractivity contribution in [3.63, 3.8) is 0 Å². The van der Waals surface area contributed by atoms with E-state index in [2.05, 4.69) is 11.6 Å². The molecule has 3 aromatic rings. The number of pyridine rings is 1. The molecule has 1 saturated heterocycles. The summed E-state index contributed by atoms with van der Waals surface area (Å²) in [5.74, 6) is 2.01. The van der Waals surface area contributed by atoms with Crippen LogP contribution in [0.25, 0.3) is 11.4 Å². The Morgan fingerprint density at radius 1 is 1.21 bits per heavy atom. The zero-order chi connectivity index (χ0) is 23.7. The first kappa shape index (κ1) is 22.2. The topological polar surface area (TPSA) is 112 Å². The highest BCUT2D eigenvalue weighted by Crippen LogP contribution is 2.54. The maximum atomic E-state index is 12.1. The lowest BCUT2D eigenvalue weighted by Crippen LogP contribution is -2.52. The molecule has 0 radical (unpaired) electrons. The number of ether oxygens (including phenoxy) is 1. The normalized spacial score (nSPS) is 21.8. The van der Waals surface area contributed by atoms with Crippen molar-refractivity contribution < 1.29 is 9.53 Å². The van der Waals surface area contributed by atoms with Gasteiger partial charge in [-0.3, -0.25) is 9.78 Å². The molecule has 2 aliphatic rings. The SMILES string of the molecule is C=CC(=O)N1CCC[C@]2(C1)C[C@H](n1nc(-c3ccc(Oc4ccccc4)cn3)c(CN)c1N)C2. The highest BCUT2D eigenvalue weighted by Gasteiger charge is 2.48. The minimum atomic E-state index is 0.0135. The van der Waals surface area contributed by atoms with Gasteiger partial charge in [-0.15, -0.1) is 0 Å². The standard InChI is InChI=1S/C26H30N6O2/c1-2-23(33)31-12-6-11-26(17-31)13-18(14-26)32-25(28)21(15-27)24(30-32)22-10-9-20(16-29-22)34-19-7-4-3-5-8-19/h2-5,7-10,16,18H,1,6,11-15,17,27-28H2/t18-,26-. The van der Waals surface area contributed by atoms with E-state index in [4.69, 9.17) is 21.3 Å². The summed E-state index contributed by atoms with van der Waals surface area (Å²) < 4.78 is 7.75. The molecule has 5 rings (SSSR count). The first-order chi connectivity index (χ1) is 16.5. The van der Waals surface area contributed by atoms with E-state index >= 15 is 0 Å². The molecule has 2 aromatic heterocycles. The second-order valence-electron chi connectivity index (χ2n) is 9.28. The fourth-order valence-electron chi connectivity index (χ4n) is 5.34. The van der Waals surface area contributed by atoms with E-state index in [9.17, 15) is 4.79 Å². The van der Waals surface area contributed by atoms with E-state index < -0.39 is 0 Å². The Morgan fingerprint density at radius 3 is 2.68 bits per heavy atom. The Bertz CT molecular complexity index is 1180. The van der Waals surface area contributed by atoms with Crippen LogP contribution in [0.5, 0.6) is 11.5 Å². The third kappa shape index (κ3) is 4.05. The van der Waals surface area contributed by atoms with Crippen molar-refractivity contribution in [2.24, 2.45) is 11.1 Å². The predicted octanol–water partition coefficient (Wildman–Crippen LogP) is 3.91. The second-order valence-corrected chi connectivity index (χ2v) is 9.28. The van der Waals surface area contributed by atoms with Crippen LogP contribution in [0.1, 0.15) is 37.3 Å². The van der Waals surface area contributed by atoms with Gasteiger partial charge >= 0.3 is 0 Å². The van der Waals surface area contributed by atoms with Gasteiger partial charge in [0.1, 0.15) is 23.0 Å². The Kier molecular flexibility index (Phi) is 5.83. The lowest BCUT2D eigenvalue weighted by molar-refractivity contribution is -0.132. The monoisotopic (exact) mass is 458 g/mol. The van der Waals surface area contributed by atoms with E-state index in [0.717, 1.165) is 50.1 Å². The van der Waals surface area contributed by atoms with Crippen LogP contribution >= 0.6 is 0 Å². The van der Waals surface area contributed by atoms with Crippen molar-refractivity contribution in [3.8, 4) is 22.9 Å². The zero-order valence-corrected chi connectivity index (χ0v) is 19.2. The first-order valence-corrected chi connectivity index (χ1v) is 11.7. The van der Waals surface area contributed by atoms with E-state index in [1.54, 1.807) is 6.20 Å². The van der Waals surface area contributed by atoms with Gasteiger partial charge in [-0.2, -0.15) is 5.10 Å². The van der Waals surface area contributed by atoms with E-state index in [-0.39, 0.29) is 23.9 Å². The zero-order valence-electron chi connectivity index (χ0n) is 19.2. The number of carbonyl (C=O) groups is 1. The summed E-state index contributed by atoms with van der Waals surface area (Å²) in [5, 5.41) is 4.85. The highest BCUT2D eigenvalue weighted by atomic mass is 16.5. The van der Waals surface area contributed by atoms with Crippen molar-refractivity contribution >= 4 is 11.7 Å². The summed E-state index contributed by atoms with van der Waals surface area (Å²) in [6.07, 6.45) is 7.11. The van der Waals surface area contributed by atoms with Crippen LogP contribution in [0.4, 0.5) is 5.82 Å². The summed E-state index contributed by atoms with van der Waals surface area (Å²) in [6.45, 7) is 5.49. The van der Waals surface area contributed by atoms with E-state index in [1.165, 1.54) is 6.08 Å². The molecular formula is C26H30N6O2. The highest BCUT2D eigenvalue weighted by molar-refractivity contribution is 5.87. The second kappa shape index (κ2) is 8.95. The third-order valence-corrected chi connectivity index (χ3v) is 7.04. The van der Waals surface area contributed by atoms with Gasteiger partial charge in [-0.05, 0) is 61.4 Å². The summed E-state index contributed by atoms with van der Waals surface area (Å²) in [4.78, 5) is 18.6. The number of carbonyl (C=O) groups excluding carboxylic acids is 1. The quantitative estimate of drug-likeness (QED) is 0.542. The number of benzene rings is 1. The van der Waals surface area contributed by atoms with Gasteiger partial charge < -0.3 is 21.1 Å². The number of para-hydroxylation sites is 1. The van der Waals surface area contributed by atoms with Crippen molar-refractivity contribution in [2.45, 2.75) is 38.3 Å². The molecule has 34 heavy (non-hydrogen) atoms. The average Bonchev–Trinajstić information content (AvgIpc) is 3.18. The largest absolute Gasteiger partial charge is 0.456 e. The van der Waals surface area contributed by atoms with Gasteiger partial charge in [0.2, 0.25) is 5.91 Å². The van der Waals surface area contributed by atoms with Crippen LogP contribution in [-0.4, -0.2) is 38.7 Å². The molecular weight excluding hydrogens is 428 g/mol. The smallest absolute Gasteiger partial charge is 0.245 e. The molecule has 4 N–H and O–H groups in total. The fraction of sp³-hybridized carbons (Fsp3) is 0.346. The summed E-state index contributed by atoms with van der Waals surface area (Å²) in [5.41, 5.74) is 14.9. The summed E-state index contributed by atoms with van der Waals surface area (Å²) >= 11 is 0. The summed E-state index contributed by atoms with van der Waals surface area (Å²) in [7, 11) is 0. The maximum Gasteiger partial charge on any atom is 0.245 e. The number of hydrogen-bond acceptors (Lipinski definition) is 6. The van der Waals surface area contributed by atoms with Gasteiger partial charge in [0.15, 0.2) is 0 Å². The Morgan fingerprint density at radius 2 is 2.00 bits per heavy atom. The number of nitrogens with zero attached hydrogens (tertiary/aromatic N) is 4. The van der Waals surface area contributed by atoms with E-state index in [0.29, 0.717) is 23.0 Å². The molecule has 1 amide bonds. The van der Waals surface area contributed by atoms with Crippen LogP contribution in [0.15, 0.2) is 61.3 Å². The molecule has 3 heterocycles. The number of nitrogens with two attached hydrogens (primary N) is 2. The molecule has 0 atom stereocenters. The fourth-order valence-corrected chi connectivity index (χ4v) is 5.34. The Labute approximate surface area is 199 Å². The molecule has 1 aliphatic carbocycles. The molecule has 2 fully saturated rings. The first-order valence-electron chi connectivity index (χ1n) is 11.7. The van der Waals surface area contributed by atoms with Crippen LogP contribution in [0.2, 0.25) is 0 Å². The predicted molar refractivity (Wildman–Crippen MR) is 131 cm³/mol. The lowest BCUT2D eigenvalue weighted by Gasteiger charge is -2.52. The van der Waals surface area contributed by atoms with Crippen LogP contribution in [-0.2, 0) is 11.3 Å². The Hall–Kier alpha value is -3.65. The number of nitrogen functional groups attached to an aromatic ring is 1. The average molecular weight is 459 g/mol. The van der Waals surface area contributed by atoms with Gasteiger partial charge in [-0.1, -0.05) is 24.8 Å². The number of likely N-dealkylation sites (tertiary alicyclic amines) is 1. The van der Waals surface area contributed by atoms with Crippen molar-refractivity contribution in [1.29, 1.82) is 0 Å². The third-order valence-electron chi connectivity index (χ3n) is 7.04. The van der Waals surface area contributed by atoms with E-state index in [1.807, 2.05) is 52.0 Å².